The maximum absolute atomic E-state index is 12.6. The zero-order valence-corrected chi connectivity index (χ0v) is 15.1. The van der Waals surface area contributed by atoms with E-state index in [0.717, 1.165) is 44.3 Å². The molecule has 1 aromatic carbocycles. The number of amides is 1. The van der Waals surface area contributed by atoms with Gasteiger partial charge in [0.05, 0.1) is 24.4 Å². The van der Waals surface area contributed by atoms with Crippen molar-refractivity contribution in [2.75, 3.05) is 26.3 Å². The number of ether oxygens (including phenoxy) is 2. The Morgan fingerprint density at radius 1 is 1.28 bits per heavy atom. The minimum Gasteiger partial charge on any atom is -0.507 e. The van der Waals surface area contributed by atoms with Gasteiger partial charge in [-0.05, 0) is 56.2 Å². The molecule has 1 atom stereocenters. The van der Waals surface area contributed by atoms with Crippen LogP contribution in [0.4, 0.5) is 0 Å². The minimum absolute atomic E-state index is 0.0807. The zero-order valence-electron chi connectivity index (χ0n) is 15.1. The van der Waals surface area contributed by atoms with Crippen LogP contribution in [0.3, 0.4) is 0 Å². The summed E-state index contributed by atoms with van der Waals surface area (Å²) >= 11 is 0. The normalized spacial score (nSPS) is 22.1. The van der Waals surface area contributed by atoms with Crippen LogP contribution in [-0.4, -0.2) is 54.4 Å². The van der Waals surface area contributed by atoms with Crippen LogP contribution in [0.15, 0.2) is 18.2 Å². The van der Waals surface area contributed by atoms with E-state index < -0.39 is 0 Å². The Morgan fingerprint density at radius 2 is 2.08 bits per heavy atom. The van der Waals surface area contributed by atoms with E-state index in [-0.39, 0.29) is 23.9 Å². The summed E-state index contributed by atoms with van der Waals surface area (Å²) in [5, 5.41) is 10.1. The van der Waals surface area contributed by atoms with Crippen molar-refractivity contribution in [3.05, 3.63) is 29.3 Å². The third kappa shape index (κ3) is 4.73. The fraction of sp³-hybridized carbons (Fsp3) is 0.650. The molecule has 25 heavy (non-hydrogen) atoms. The third-order valence-electron chi connectivity index (χ3n) is 5.22. The molecule has 0 radical (unpaired) electrons. The number of phenolic OH excluding ortho intramolecular Hbond substituents is 1. The largest absolute Gasteiger partial charge is 0.507 e. The average molecular weight is 347 g/mol. The Kier molecular flexibility index (Phi) is 6.32. The van der Waals surface area contributed by atoms with Gasteiger partial charge in [0.25, 0.3) is 5.91 Å². The number of aromatic hydroxyl groups is 1. The molecule has 1 amide bonds. The second-order valence-corrected chi connectivity index (χ2v) is 7.02. The summed E-state index contributed by atoms with van der Waals surface area (Å²) in [6.45, 7) is 4.88. The van der Waals surface area contributed by atoms with Crippen molar-refractivity contribution in [1.29, 1.82) is 0 Å². The second-order valence-electron chi connectivity index (χ2n) is 7.02. The summed E-state index contributed by atoms with van der Waals surface area (Å²) in [7, 11) is 0. The number of phenols is 1. The molecule has 5 nitrogen and oxygen atoms in total. The van der Waals surface area contributed by atoms with Gasteiger partial charge in [-0.15, -0.1) is 0 Å². The second kappa shape index (κ2) is 8.68. The lowest BCUT2D eigenvalue weighted by molar-refractivity contribution is -0.0733. The van der Waals surface area contributed by atoms with E-state index in [9.17, 15) is 9.90 Å². The van der Waals surface area contributed by atoms with E-state index >= 15 is 0 Å². The van der Waals surface area contributed by atoms with Crippen molar-refractivity contribution in [3.63, 3.8) is 0 Å². The lowest BCUT2D eigenvalue weighted by atomic mass is 10.0. The summed E-state index contributed by atoms with van der Waals surface area (Å²) in [5.74, 6) is -0.00797. The molecule has 1 N–H and O–H groups in total. The van der Waals surface area contributed by atoms with Gasteiger partial charge in [-0.3, -0.25) is 4.79 Å². The van der Waals surface area contributed by atoms with Gasteiger partial charge in [-0.25, -0.2) is 0 Å². The Hall–Kier alpha value is -1.59. The van der Waals surface area contributed by atoms with Gasteiger partial charge in [0.2, 0.25) is 0 Å². The first-order chi connectivity index (χ1) is 12.2. The molecule has 2 heterocycles. The van der Waals surface area contributed by atoms with Gasteiger partial charge in [-0.2, -0.15) is 0 Å². The zero-order chi connectivity index (χ0) is 17.6. The first-order valence-corrected chi connectivity index (χ1v) is 9.51. The van der Waals surface area contributed by atoms with Gasteiger partial charge in [0, 0.05) is 19.7 Å². The minimum atomic E-state index is -0.0887. The fourth-order valence-electron chi connectivity index (χ4n) is 3.56. The molecule has 138 valence electrons. The van der Waals surface area contributed by atoms with Crippen LogP contribution in [0.1, 0.15) is 54.9 Å². The molecule has 0 aliphatic carbocycles. The molecule has 0 unspecified atom stereocenters. The summed E-state index contributed by atoms with van der Waals surface area (Å²) in [5.41, 5.74) is 1.43. The summed E-state index contributed by atoms with van der Waals surface area (Å²) in [6, 6.07) is 5.33. The molecule has 2 fully saturated rings. The van der Waals surface area contributed by atoms with Crippen LogP contribution in [0.25, 0.3) is 0 Å². The molecule has 1 aromatic rings. The van der Waals surface area contributed by atoms with Crippen molar-refractivity contribution >= 4 is 5.91 Å². The number of nitrogens with zero attached hydrogens (tertiary/aromatic N) is 1. The fourth-order valence-corrected chi connectivity index (χ4v) is 3.56. The smallest absolute Gasteiger partial charge is 0.257 e. The molecule has 2 saturated heterocycles. The summed E-state index contributed by atoms with van der Waals surface area (Å²) < 4.78 is 11.7. The first kappa shape index (κ1) is 18.2. The van der Waals surface area contributed by atoms with Crippen LogP contribution in [0.2, 0.25) is 0 Å². The summed E-state index contributed by atoms with van der Waals surface area (Å²) in [4.78, 5) is 14.5. The van der Waals surface area contributed by atoms with Crippen LogP contribution in [0, 0.1) is 0 Å². The van der Waals surface area contributed by atoms with Crippen molar-refractivity contribution in [2.45, 2.75) is 57.7 Å². The number of hydrogen-bond acceptors (Lipinski definition) is 4. The summed E-state index contributed by atoms with van der Waals surface area (Å²) in [6.07, 6.45) is 6.43. The third-order valence-corrected chi connectivity index (χ3v) is 5.22. The number of aryl methyl sites for hydroxylation is 1. The Morgan fingerprint density at radius 3 is 2.72 bits per heavy atom. The van der Waals surface area contributed by atoms with Gasteiger partial charge in [0.15, 0.2) is 0 Å². The Labute approximate surface area is 149 Å². The van der Waals surface area contributed by atoms with E-state index in [1.807, 2.05) is 17.9 Å². The topological polar surface area (TPSA) is 59.0 Å². The van der Waals surface area contributed by atoms with Gasteiger partial charge < -0.3 is 19.5 Å². The molecule has 2 aliphatic heterocycles. The average Bonchev–Trinajstić information content (AvgIpc) is 2.67. The molecular weight excluding hydrogens is 318 g/mol. The number of piperidine rings is 1. The Bertz CT molecular complexity index is 575. The number of carbonyl (C=O) groups excluding carboxylic acids is 1. The predicted octanol–water partition coefficient (Wildman–Crippen LogP) is 3.14. The van der Waals surface area contributed by atoms with E-state index in [2.05, 4.69) is 0 Å². The maximum Gasteiger partial charge on any atom is 0.257 e. The predicted molar refractivity (Wildman–Crippen MR) is 96.0 cm³/mol. The SMILES string of the molecule is CCc1ccc(C(=O)N2CCC(OC[C@H]3CCCCO3)CC2)c(O)c1. The molecule has 0 aromatic heterocycles. The van der Waals surface area contributed by atoms with Gasteiger partial charge in [0.1, 0.15) is 5.75 Å². The highest BCUT2D eigenvalue weighted by Gasteiger charge is 2.26. The van der Waals surface area contributed by atoms with E-state index in [1.165, 1.54) is 6.42 Å². The number of likely N-dealkylation sites (tertiary alicyclic amines) is 1. The first-order valence-electron chi connectivity index (χ1n) is 9.51. The lowest BCUT2D eigenvalue weighted by Crippen LogP contribution is -2.41. The highest BCUT2D eigenvalue weighted by Crippen LogP contribution is 2.24. The molecule has 0 bridgehead atoms. The van der Waals surface area contributed by atoms with Crippen molar-refractivity contribution in [2.24, 2.45) is 0 Å². The van der Waals surface area contributed by atoms with Gasteiger partial charge in [-0.1, -0.05) is 13.0 Å². The lowest BCUT2D eigenvalue weighted by Gasteiger charge is -2.33. The highest BCUT2D eigenvalue weighted by molar-refractivity contribution is 5.97. The van der Waals surface area contributed by atoms with E-state index in [0.29, 0.717) is 25.3 Å². The van der Waals surface area contributed by atoms with Crippen LogP contribution in [-0.2, 0) is 15.9 Å². The Balaban J connectivity index is 1.47. The quantitative estimate of drug-likeness (QED) is 0.889. The number of hydrogen-bond donors (Lipinski definition) is 1. The molecule has 2 aliphatic rings. The van der Waals surface area contributed by atoms with Crippen LogP contribution >= 0.6 is 0 Å². The van der Waals surface area contributed by atoms with Crippen LogP contribution in [0.5, 0.6) is 5.75 Å². The standard InChI is InChI=1S/C20H29NO4/c1-2-15-6-7-18(19(22)13-15)20(23)21-10-8-16(9-11-21)25-14-17-5-3-4-12-24-17/h6-7,13,16-17,22H,2-5,8-12,14H2,1H3/t17-/m1/s1. The number of carbonyl (C=O) groups is 1. The number of benzene rings is 1. The highest BCUT2D eigenvalue weighted by atomic mass is 16.5. The molecular formula is C20H29NO4. The molecule has 0 saturated carbocycles. The molecule has 3 rings (SSSR count). The molecule has 5 heteroatoms. The number of rotatable bonds is 5. The van der Waals surface area contributed by atoms with Crippen molar-refractivity contribution in [1.82, 2.24) is 4.90 Å². The van der Waals surface area contributed by atoms with Crippen molar-refractivity contribution < 1.29 is 19.4 Å². The maximum atomic E-state index is 12.6. The van der Waals surface area contributed by atoms with Crippen LogP contribution < -0.4 is 0 Å². The van der Waals surface area contributed by atoms with Gasteiger partial charge >= 0.3 is 0 Å². The van der Waals surface area contributed by atoms with E-state index in [1.54, 1.807) is 12.1 Å². The van der Waals surface area contributed by atoms with Crippen molar-refractivity contribution in [3.8, 4) is 5.75 Å². The molecule has 0 spiro atoms. The van der Waals surface area contributed by atoms with E-state index in [4.69, 9.17) is 9.47 Å². The monoisotopic (exact) mass is 347 g/mol.